The minimum absolute atomic E-state index is 0.0683. The minimum Gasteiger partial charge on any atom is -0.372 e. The fraction of sp³-hybridized carbons (Fsp3) is 0.409. The number of fused-ring (bicyclic) bond motifs is 1. The Morgan fingerprint density at radius 3 is 2.55 bits per heavy atom. The summed E-state index contributed by atoms with van der Waals surface area (Å²) in [5.41, 5.74) is 1.85. The average molecular weight is 425 g/mol. The number of alkyl halides is 3. The number of nitrogens with one attached hydrogen (secondary N) is 2. The Morgan fingerprint density at radius 1 is 1.17 bits per heavy atom. The van der Waals surface area contributed by atoms with Crippen molar-refractivity contribution in [3.05, 3.63) is 64.2 Å². The molecule has 0 heterocycles. The van der Waals surface area contributed by atoms with Crippen LogP contribution in [0.2, 0.25) is 5.02 Å². The van der Waals surface area contributed by atoms with Gasteiger partial charge in [-0.05, 0) is 54.5 Å². The zero-order valence-electron chi connectivity index (χ0n) is 16.3. The summed E-state index contributed by atoms with van der Waals surface area (Å²) in [6.45, 7) is 3.76. The van der Waals surface area contributed by atoms with Crippen molar-refractivity contribution >= 4 is 23.2 Å². The monoisotopic (exact) mass is 424 g/mol. The lowest BCUT2D eigenvalue weighted by molar-refractivity contribution is -0.137. The van der Waals surface area contributed by atoms with E-state index in [1.54, 1.807) is 0 Å². The molecule has 7 heteroatoms. The van der Waals surface area contributed by atoms with E-state index in [0.717, 1.165) is 37.0 Å². The highest BCUT2D eigenvalue weighted by Gasteiger charge is 2.32. The van der Waals surface area contributed by atoms with Gasteiger partial charge in [-0.25, -0.2) is 0 Å². The largest absolute Gasteiger partial charge is 0.416 e. The zero-order chi connectivity index (χ0) is 21.2. The molecule has 2 N–H and O–H groups in total. The molecule has 1 aliphatic carbocycles. The van der Waals surface area contributed by atoms with Gasteiger partial charge in [0.05, 0.1) is 22.3 Å². The maximum atomic E-state index is 13.0. The van der Waals surface area contributed by atoms with Crippen LogP contribution >= 0.6 is 11.6 Å². The van der Waals surface area contributed by atoms with E-state index in [2.05, 4.69) is 16.7 Å². The zero-order valence-corrected chi connectivity index (χ0v) is 17.1. The standard InChI is InChI=1S/C22H24ClF3N2O/c1-13(2)20(27-19-11-10-15(12-17(19)23)22(24,25)26)21(29)28-18-9-5-7-14-6-3-4-8-16(14)18/h3-4,6,8,10-13,18,20,27H,5,7,9H2,1-2H3,(H,28,29)/t18?,20-/m0/s1. The number of aryl methyl sites for hydroxylation is 1. The first-order valence-corrected chi connectivity index (χ1v) is 10.1. The van der Waals surface area contributed by atoms with Crippen LogP contribution in [0.15, 0.2) is 42.5 Å². The second kappa shape index (κ2) is 8.66. The van der Waals surface area contributed by atoms with Gasteiger partial charge < -0.3 is 10.6 Å². The molecule has 0 aromatic heterocycles. The number of carbonyl (C=O) groups excluding carboxylic acids is 1. The maximum absolute atomic E-state index is 13.0. The first kappa shape index (κ1) is 21.5. The molecule has 3 rings (SSSR count). The van der Waals surface area contributed by atoms with Crippen molar-refractivity contribution in [2.45, 2.75) is 51.4 Å². The quantitative estimate of drug-likeness (QED) is 0.619. The van der Waals surface area contributed by atoms with Crippen LogP contribution in [0.1, 0.15) is 49.4 Å². The van der Waals surface area contributed by atoms with Crippen LogP contribution in [0.3, 0.4) is 0 Å². The molecule has 0 aliphatic heterocycles. The second-order valence-electron chi connectivity index (χ2n) is 7.71. The maximum Gasteiger partial charge on any atom is 0.416 e. The Morgan fingerprint density at radius 2 is 1.90 bits per heavy atom. The van der Waals surface area contributed by atoms with E-state index in [9.17, 15) is 18.0 Å². The van der Waals surface area contributed by atoms with Crippen LogP contribution in [0.4, 0.5) is 18.9 Å². The molecule has 29 heavy (non-hydrogen) atoms. The molecule has 0 fully saturated rings. The molecule has 156 valence electrons. The third kappa shape index (κ3) is 5.04. The van der Waals surface area contributed by atoms with Crippen molar-refractivity contribution in [1.29, 1.82) is 0 Å². The first-order valence-electron chi connectivity index (χ1n) is 9.68. The van der Waals surface area contributed by atoms with Crippen LogP contribution in [-0.2, 0) is 17.4 Å². The fourth-order valence-corrected chi connectivity index (χ4v) is 3.91. The lowest BCUT2D eigenvalue weighted by atomic mass is 9.87. The van der Waals surface area contributed by atoms with Crippen LogP contribution in [-0.4, -0.2) is 11.9 Å². The van der Waals surface area contributed by atoms with Gasteiger partial charge in [-0.2, -0.15) is 13.2 Å². The topological polar surface area (TPSA) is 41.1 Å². The van der Waals surface area contributed by atoms with Crippen molar-refractivity contribution in [2.24, 2.45) is 5.92 Å². The summed E-state index contributed by atoms with van der Waals surface area (Å²) in [6.07, 6.45) is -1.62. The van der Waals surface area contributed by atoms with Gasteiger partial charge in [-0.15, -0.1) is 0 Å². The van der Waals surface area contributed by atoms with Gasteiger partial charge in [0.25, 0.3) is 0 Å². The van der Waals surface area contributed by atoms with E-state index in [0.29, 0.717) is 5.69 Å². The van der Waals surface area contributed by atoms with Gasteiger partial charge >= 0.3 is 6.18 Å². The van der Waals surface area contributed by atoms with E-state index in [4.69, 9.17) is 11.6 Å². The molecule has 1 unspecified atom stereocenters. The van der Waals surface area contributed by atoms with Crippen molar-refractivity contribution in [1.82, 2.24) is 5.32 Å². The lowest BCUT2D eigenvalue weighted by Crippen LogP contribution is -2.45. The Bertz CT molecular complexity index is 883. The van der Waals surface area contributed by atoms with Crippen molar-refractivity contribution in [2.75, 3.05) is 5.32 Å². The van der Waals surface area contributed by atoms with E-state index < -0.39 is 17.8 Å². The molecular weight excluding hydrogens is 401 g/mol. The Hall–Kier alpha value is -2.21. The second-order valence-corrected chi connectivity index (χ2v) is 8.12. The Balaban J connectivity index is 1.76. The summed E-state index contributed by atoms with van der Waals surface area (Å²) in [7, 11) is 0. The summed E-state index contributed by atoms with van der Waals surface area (Å²) in [5, 5.41) is 6.07. The fourth-order valence-electron chi connectivity index (χ4n) is 3.68. The highest BCUT2D eigenvalue weighted by atomic mass is 35.5. The van der Waals surface area contributed by atoms with E-state index in [1.165, 1.54) is 11.6 Å². The molecule has 0 saturated heterocycles. The number of benzene rings is 2. The number of hydrogen-bond acceptors (Lipinski definition) is 2. The predicted molar refractivity (Wildman–Crippen MR) is 109 cm³/mol. The molecule has 2 atom stereocenters. The summed E-state index contributed by atoms with van der Waals surface area (Å²) < 4.78 is 38.6. The number of hydrogen-bond donors (Lipinski definition) is 2. The van der Waals surface area contributed by atoms with Gasteiger partial charge in [0.1, 0.15) is 6.04 Å². The Labute approximate surface area is 173 Å². The summed E-state index contributed by atoms with van der Waals surface area (Å²) in [6, 6.07) is 10.5. The van der Waals surface area contributed by atoms with Gasteiger partial charge in [0.2, 0.25) is 5.91 Å². The van der Waals surface area contributed by atoms with Crippen molar-refractivity contribution in [3.63, 3.8) is 0 Å². The van der Waals surface area contributed by atoms with E-state index in [1.807, 2.05) is 32.0 Å². The molecule has 2 aromatic carbocycles. The Kier molecular flexibility index (Phi) is 6.42. The minimum atomic E-state index is -4.47. The highest BCUT2D eigenvalue weighted by Crippen LogP contribution is 2.34. The number of anilines is 1. The van der Waals surface area contributed by atoms with Gasteiger partial charge in [-0.1, -0.05) is 49.7 Å². The third-order valence-electron chi connectivity index (χ3n) is 5.24. The molecule has 1 amide bonds. The van der Waals surface area contributed by atoms with Crippen LogP contribution in [0.25, 0.3) is 0 Å². The molecule has 0 saturated carbocycles. The molecule has 0 spiro atoms. The van der Waals surface area contributed by atoms with Crippen LogP contribution in [0, 0.1) is 5.92 Å². The summed E-state index contributed by atoms with van der Waals surface area (Å²) in [4.78, 5) is 13.0. The van der Waals surface area contributed by atoms with Crippen LogP contribution in [0.5, 0.6) is 0 Å². The summed E-state index contributed by atoms with van der Waals surface area (Å²) >= 11 is 6.05. The SMILES string of the molecule is CC(C)[C@H](Nc1ccc(C(F)(F)F)cc1Cl)C(=O)NC1CCCc2ccccc21. The van der Waals surface area contributed by atoms with Gasteiger partial charge in [-0.3, -0.25) is 4.79 Å². The number of amides is 1. The molecule has 0 bridgehead atoms. The summed E-state index contributed by atoms with van der Waals surface area (Å²) in [5.74, 6) is -0.287. The van der Waals surface area contributed by atoms with Crippen LogP contribution < -0.4 is 10.6 Å². The van der Waals surface area contributed by atoms with Gasteiger partial charge in [0.15, 0.2) is 0 Å². The number of rotatable bonds is 5. The molecule has 2 aromatic rings. The number of halogens is 4. The highest BCUT2D eigenvalue weighted by molar-refractivity contribution is 6.33. The van der Waals surface area contributed by atoms with Crippen molar-refractivity contribution < 1.29 is 18.0 Å². The number of carbonyl (C=O) groups is 1. The molecule has 0 radical (unpaired) electrons. The first-order chi connectivity index (χ1) is 13.7. The molecule has 3 nitrogen and oxygen atoms in total. The third-order valence-corrected chi connectivity index (χ3v) is 5.56. The molecular formula is C22H24ClF3N2O. The van der Waals surface area contributed by atoms with E-state index in [-0.39, 0.29) is 22.9 Å². The smallest absolute Gasteiger partial charge is 0.372 e. The average Bonchev–Trinajstić information content (AvgIpc) is 2.66. The van der Waals surface area contributed by atoms with Crippen molar-refractivity contribution in [3.8, 4) is 0 Å². The predicted octanol–water partition coefficient (Wildman–Crippen LogP) is 5.99. The van der Waals surface area contributed by atoms with Gasteiger partial charge in [0, 0.05) is 0 Å². The lowest BCUT2D eigenvalue weighted by Gasteiger charge is -2.30. The van der Waals surface area contributed by atoms with E-state index >= 15 is 0 Å². The normalized spacial score (nSPS) is 17.6. The molecule has 1 aliphatic rings.